The highest BCUT2D eigenvalue weighted by Crippen LogP contribution is 2.33. The first-order valence-corrected chi connectivity index (χ1v) is 8.35. The molecule has 1 aromatic heterocycles. The minimum atomic E-state index is -0.859. The monoisotopic (exact) mass is 321 g/mol. The smallest absolute Gasteiger partial charge is 0.223 e. The molecule has 3 rings (SSSR count). The second kappa shape index (κ2) is 6.57. The van der Waals surface area contributed by atoms with Crippen LogP contribution in [0.25, 0.3) is 0 Å². The summed E-state index contributed by atoms with van der Waals surface area (Å²) in [4.78, 5) is 14.3. The number of nitrogens with zero attached hydrogens (tertiary/aromatic N) is 1. The Morgan fingerprint density at radius 3 is 2.95 bits per heavy atom. The molecule has 2 nitrogen and oxygen atoms in total. The summed E-state index contributed by atoms with van der Waals surface area (Å²) < 4.78 is 26.8. The summed E-state index contributed by atoms with van der Waals surface area (Å²) in [7, 11) is 0. The van der Waals surface area contributed by atoms with Crippen molar-refractivity contribution >= 4 is 17.2 Å². The van der Waals surface area contributed by atoms with Crippen molar-refractivity contribution in [2.24, 2.45) is 0 Å². The van der Waals surface area contributed by atoms with Crippen LogP contribution in [0, 0.1) is 11.6 Å². The van der Waals surface area contributed by atoms with E-state index in [1.165, 1.54) is 17.7 Å². The van der Waals surface area contributed by atoms with E-state index in [0.717, 1.165) is 25.5 Å². The second-order valence-corrected chi connectivity index (χ2v) is 6.29. The van der Waals surface area contributed by atoms with Gasteiger partial charge < -0.3 is 4.90 Å². The van der Waals surface area contributed by atoms with Crippen LogP contribution in [0.5, 0.6) is 0 Å². The summed E-state index contributed by atoms with van der Waals surface area (Å²) >= 11 is 1.62. The number of likely N-dealkylation sites (tertiary alicyclic amines) is 1. The van der Waals surface area contributed by atoms with Crippen LogP contribution in [0.1, 0.15) is 36.4 Å². The molecule has 0 N–H and O–H groups in total. The molecule has 0 bridgehead atoms. The summed E-state index contributed by atoms with van der Waals surface area (Å²) in [5, 5.41) is 4.08. The number of halogens is 2. The SMILES string of the molecule is O=C(CCc1cccc(F)c1F)N1CCC[C@H]1c1ccsc1. The van der Waals surface area contributed by atoms with Crippen molar-refractivity contribution in [2.45, 2.75) is 31.7 Å². The molecule has 22 heavy (non-hydrogen) atoms. The second-order valence-electron chi connectivity index (χ2n) is 5.51. The Labute approximate surface area is 132 Å². The highest BCUT2D eigenvalue weighted by Gasteiger charge is 2.29. The molecule has 0 radical (unpaired) electrons. The molecule has 0 aliphatic carbocycles. The number of carbonyl (C=O) groups is 1. The van der Waals surface area contributed by atoms with Crippen LogP contribution < -0.4 is 0 Å². The number of benzene rings is 1. The molecule has 1 aromatic carbocycles. The molecule has 0 spiro atoms. The first-order valence-electron chi connectivity index (χ1n) is 7.41. The molecule has 1 amide bonds. The highest BCUT2D eigenvalue weighted by atomic mass is 32.1. The summed E-state index contributed by atoms with van der Waals surface area (Å²) in [5.74, 6) is -1.69. The Hall–Kier alpha value is -1.75. The average Bonchev–Trinajstić information content (AvgIpc) is 3.18. The highest BCUT2D eigenvalue weighted by molar-refractivity contribution is 7.07. The zero-order valence-corrected chi connectivity index (χ0v) is 12.9. The lowest BCUT2D eigenvalue weighted by molar-refractivity contribution is -0.132. The predicted octanol–water partition coefficient (Wildman–Crippen LogP) is 4.32. The summed E-state index contributed by atoms with van der Waals surface area (Å²) in [6.45, 7) is 0.741. The van der Waals surface area contributed by atoms with Gasteiger partial charge in [-0.15, -0.1) is 0 Å². The van der Waals surface area contributed by atoms with Gasteiger partial charge in [0.05, 0.1) is 6.04 Å². The Balaban J connectivity index is 1.65. The fourth-order valence-corrected chi connectivity index (χ4v) is 3.71. The molecule has 116 valence electrons. The van der Waals surface area contributed by atoms with E-state index >= 15 is 0 Å². The van der Waals surface area contributed by atoms with Crippen LogP contribution in [-0.2, 0) is 11.2 Å². The molecule has 1 saturated heterocycles. The molecule has 1 atom stereocenters. The molecule has 1 aliphatic rings. The lowest BCUT2D eigenvalue weighted by atomic mass is 10.1. The van der Waals surface area contributed by atoms with Crippen molar-refractivity contribution < 1.29 is 13.6 Å². The number of carbonyl (C=O) groups excluding carboxylic acids is 1. The predicted molar refractivity (Wildman–Crippen MR) is 82.7 cm³/mol. The first-order chi connectivity index (χ1) is 10.7. The topological polar surface area (TPSA) is 20.3 Å². The number of rotatable bonds is 4. The molecule has 2 heterocycles. The molecule has 1 aliphatic heterocycles. The van der Waals surface area contributed by atoms with E-state index in [1.807, 2.05) is 16.3 Å². The molecule has 5 heteroatoms. The van der Waals surface area contributed by atoms with Gasteiger partial charge in [0.2, 0.25) is 5.91 Å². The Kier molecular flexibility index (Phi) is 4.52. The summed E-state index contributed by atoms with van der Waals surface area (Å²) in [6.07, 6.45) is 2.40. The van der Waals surface area contributed by atoms with E-state index in [0.29, 0.717) is 0 Å². The third-order valence-electron chi connectivity index (χ3n) is 4.14. The van der Waals surface area contributed by atoms with Crippen molar-refractivity contribution in [3.63, 3.8) is 0 Å². The van der Waals surface area contributed by atoms with E-state index in [-0.39, 0.29) is 30.4 Å². The van der Waals surface area contributed by atoms with E-state index < -0.39 is 11.6 Å². The van der Waals surface area contributed by atoms with Crippen LogP contribution in [0.3, 0.4) is 0 Å². The molecular formula is C17H17F2NOS. The van der Waals surface area contributed by atoms with Gasteiger partial charge in [-0.05, 0) is 53.3 Å². The van der Waals surface area contributed by atoms with Crippen molar-refractivity contribution in [2.75, 3.05) is 6.54 Å². The molecule has 2 aromatic rings. The zero-order chi connectivity index (χ0) is 15.5. The number of hydrogen-bond acceptors (Lipinski definition) is 2. The molecule has 0 saturated carbocycles. The fourth-order valence-electron chi connectivity index (χ4n) is 3.00. The van der Waals surface area contributed by atoms with Crippen LogP contribution in [0.2, 0.25) is 0 Å². The fraction of sp³-hybridized carbons (Fsp3) is 0.353. The minimum absolute atomic E-state index is 0.0114. The van der Waals surface area contributed by atoms with Gasteiger partial charge in [0.15, 0.2) is 11.6 Å². The maximum atomic E-state index is 13.6. The quantitative estimate of drug-likeness (QED) is 0.821. The number of hydrogen-bond donors (Lipinski definition) is 0. The van der Waals surface area contributed by atoms with Crippen LogP contribution in [0.4, 0.5) is 8.78 Å². The van der Waals surface area contributed by atoms with Gasteiger partial charge in [-0.1, -0.05) is 12.1 Å². The van der Waals surface area contributed by atoms with Gasteiger partial charge in [-0.2, -0.15) is 11.3 Å². The van der Waals surface area contributed by atoms with Crippen LogP contribution >= 0.6 is 11.3 Å². The van der Waals surface area contributed by atoms with Crippen molar-refractivity contribution in [3.05, 3.63) is 57.8 Å². The maximum Gasteiger partial charge on any atom is 0.223 e. The van der Waals surface area contributed by atoms with Gasteiger partial charge in [0.1, 0.15) is 0 Å². The van der Waals surface area contributed by atoms with E-state index in [4.69, 9.17) is 0 Å². The van der Waals surface area contributed by atoms with E-state index in [1.54, 1.807) is 11.3 Å². The Morgan fingerprint density at radius 2 is 2.18 bits per heavy atom. The molecule has 1 fully saturated rings. The Bertz CT molecular complexity index is 657. The molecule has 0 unspecified atom stereocenters. The van der Waals surface area contributed by atoms with Gasteiger partial charge in [-0.25, -0.2) is 8.78 Å². The van der Waals surface area contributed by atoms with Crippen LogP contribution in [0.15, 0.2) is 35.0 Å². The van der Waals surface area contributed by atoms with E-state index in [2.05, 4.69) is 5.38 Å². The normalized spacial score (nSPS) is 17.9. The first kappa shape index (κ1) is 15.2. The van der Waals surface area contributed by atoms with Crippen molar-refractivity contribution in [3.8, 4) is 0 Å². The van der Waals surface area contributed by atoms with E-state index in [9.17, 15) is 13.6 Å². The van der Waals surface area contributed by atoms with Gasteiger partial charge in [-0.3, -0.25) is 4.79 Å². The average molecular weight is 321 g/mol. The number of amides is 1. The lowest BCUT2D eigenvalue weighted by Gasteiger charge is -2.24. The van der Waals surface area contributed by atoms with Crippen molar-refractivity contribution in [1.82, 2.24) is 4.90 Å². The standard InChI is InChI=1S/C17H17F2NOS/c18-14-4-1-3-12(17(14)19)6-7-16(21)20-9-2-5-15(20)13-8-10-22-11-13/h1,3-4,8,10-11,15H,2,5-7,9H2/t15-/m0/s1. The number of aryl methyl sites for hydroxylation is 1. The van der Waals surface area contributed by atoms with Crippen LogP contribution in [-0.4, -0.2) is 17.4 Å². The Morgan fingerprint density at radius 1 is 1.32 bits per heavy atom. The molecular weight excluding hydrogens is 304 g/mol. The summed E-state index contributed by atoms with van der Waals surface area (Å²) in [5.41, 5.74) is 1.44. The third kappa shape index (κ3) is 3.04. The third-order valence-corrected chi connectivity index (χ3v) is 4.84. The largest absolute Gasteiger partial charge is 0.336 e. The zero-order valence-electron chi connectivity index (χ0n) is 12.1. The maximum absolute atomic E-state index is 13.6. The number of thiophene rings is 1. The lowest BCUT2D eigenvalue weighted by Crippen LogP contribution is -2.30. The van der Waals surface area contributed by atoms with Crippen molar-refractivity contribution in [1.29, 1.82) is 0 Å². The minimum Gasteiger partial charge on any atom is -0.336 e. The van der Waals surface area contributed by atoms with Gasteiger partial charge >= 0.3 is 0 Å². The van der Waals surface area contributed by atoms with Gasteiger partial charge in [0, 0.05) is 13.0 Å². The van der Waals surface area contributed by atoms with Gasteiger partial charge in [0.25, 0.3) is 0 Å². The summed E-state index contributed by atoms with van der Waals surface area (Å²) in [6, 6.07) is 6.28.